The van der Waals surface area contributed by atoms with Gasteiger partial charge in [0.25, 0.3) is 0 Å². The topological polar surface area (TPSA) is 45.1 Å². The molecule has 0 saturated carbocycles. The van der Waals surface area contributed by atoms with Crippen LogP contribution in [0, 0.1) is 0 Å². The lowest BCUT2D eigenvalue weighted by atomic mass is 10.2. The first-order valence-corrected chi connectivity index (χ1v) is 6.23. The largest absolute Gasteiger partial charge is 0.396 e. The molecule has 1 heterocycles. The van der Waals surface area contributed by atoms with E-state index in [-0.39, 0.29) is 0 Å². The maximum atomic E-state index is 8.66. The Kier molecular flexibility index (Phi) is 4.17. The predicted octanol–water partition coefficient (Wildman–Crippen LogP) is 2.14. The highest BCUT2D eigenvalue weighted by molar-refractivity contribution is 5.40. The summed E-state index contributed by atoms with van der Waals surface area (Å²) in [6, 6.07) is 4.28. The van der Waals surface area contributed by atoms with Gasteiger partial charge in [-0.15, -0.1) is 0 Å². The molecule has 0 aromatic carbocycles. The summed E-state index contributed by atoms with van der Waals surface area (Å²) in [5, 5.41) is 12.0. The fourth-order valence-electron chi connectivity index (χ4n) is 2.15. The van der Waals surface area contributed by atoms with Crippen LogP contribution in [-0.2, 0) is 12.8 Å². The molecule has 0 bridgehead atoms. The first-order valence-electron chi connectivity index (χ1n) is 6.23. The summed E-state index contributed by atoms with van der Waals surface area (Å²) in [4.78, 5) is 4.61. The summed E-state index contributed by atoms with van der Waals surface area (Å²) < 4.78 is 0. The van der Waals surface area contributed by atoms with E-state index in [0.29, 0.717) is 6.61 Å². The zero-order chi connectivity index (χ0) is 11.2. The molecule has 16 heavy (non-hydrogen) atoms. The van der Waals surface area contributed by atoms with Gasteiger partial charge in [0.15, 0.2) is 0 Å². The number of unbranched alkanes of at least 4 members (excludes halogenated alkanes) is 2. The van der Waals surface area contributed by atoms with E-state index in [4.69, 9.17) is 5.11 Å². The van der Waals surface area contributed by atoms with Crippen molar-refractivity contribution in [1.82, 2.24) is 4.98 Å². The third-order valence-corrected chi connectivity index (χ3v) is 3.07. The van der Waals surface area contributed by atoms with Gasteiger partial charge < -0.3 is 10.4 Å². The molecule has 0 atom stereocenters. The number of fused-ring (bicyclic) bond motifs is 1. The first kappa shape index (κ1) is 11.4. The molecule has 88 valence electrons. The maximum absolute atomic E-state index is 8.66. The van der Waals surface area contributed by atoms with E-state index in [1.54, 1.807) is 0 Å². The van der Waals surface area contributed by atoms with E-state index in [0.717, 1.165) is 38.0 Å². The molecule has 3 heteroatoms. The van der Waals surface area contributed by atoms with Crippen LogP contribution < -0.4 is 5.32 Å². The number of nitrogens with zero attached hydrogens (tertiary/aromatic N) is 1. The molecule has 1 aromatic rings. The fraction of sp³-hybridized carbons (Fsp3) is 0.615. The van der Waals surface area contributed by atoms with Crippen molar-refractivity contribution in [3.05, 3.63) is 23.4 Å². The summed E-state index contributed by atoms with van der Waals surface area (Å²) >= 11 is 0. The highest BCUT2D eigenvalue weighted by atomic mass is 16.2. The number of hydrogen-bond acceptors (Lipinski definition) is 3. The standard InChI is InChI=1S/C13H20N2O/c16-10-3-1-2-9-14-13-8-7-11-5-4-6-12(11)15-13/h7-8,16H,1-6,9-10H2,(H,14,15). The molecular formula is C13H20N2O. The van der Waals surface area contributed by atoms with Crippen molar-refractivity contribution in [2.24, 2.45) is 0 Å². The van der Waals surface area contributed by atoms with Crippen LogP contribution in [0.5, 0.6) is 0 Å². The summed E-state index contributed by atoms with van der Waals surface area (Å²) in [5.41, 5.74) is 2.70. The third-order valence-electron chi connectivity index (χ3n) is 3.07. The number of hydrogen-bond donors (Lipinski definition) is 2. The van der Waals surface area contributed by atoms with E-state index in [9.17, 15) is 0 Å². The van der Waals surface area contributed by atoms with Crippen LogP contribution in [0.3, 0.4) is 0 Å². The average molecular weight is 220 g/mol. The van der Waals surface area contributed by atoms with E-state index in [1.165, 1.54) is 24.1 Å². The van der Waals surface area contributed by atoms with E-state index >= 15 is 0 Å². The van der Waals surface area contributed by atoms with Crippen LogP contribution in [0.15, 0.2) is 12.1 Å². The summed E-state index contributed by atoms with van der Waals surface area (Å²) in [5.74, 6) is 1.00. The average Bonchev–Trinajstić information content (AvgIpc) is 2.76. The summed E-state index contributed by atoms with van der Waals surface area (Å²) in [6.45, 7) is 1.25. The number of anilines is 1. The van der Waals surface area contributed by atoms with Gasteiger partial charge in [-0.3, -0.25) is 0 Å². The van der Waals surface area contributed by atoms with Crippen molar-refractivity contribution in [2.75, 3.05) is 18.5 Å². The van der Waals surface area contributed by atoms with Crippen molar-refractivity contribution < 1.29 is 5.11 Å². The van der Waals surface area contributed by atoms with Gasteiger partial charge in [-0.1, -0.05) is 6.07 Å². The Morgan fingerprint density at radius 3 is 3.00 bits per heavy atom. The Hall–Kier alpha value is -1.09. The molecule has 3 nitrogen and oxygen atoms in total. The molecule has 0 spiro atoms. The van der Waals surface area contributed by atoms with Gasteiger partial charge in [-0.05, 0) is 50.2 Å². The van der Waals surface area contributed by atoms with Gasteiger partial charge in [0.1, 0.15) is 5.82 Å². The van der Waals surface area contributed by atoms with Gasteiger partial charge in [-0.25, -0.2) is 4.98 Å². The van der Waals surface area contributed by atoms with E-state index in [2.05, 4.69) is 22.4 Å². The molecule has 0 saturated heterocycles. The van der Waals surface area contributed by atoms with Crippen LogP contribution in [0.2, 0.25) is 0 Å². The second kappa shape index (κ2) is 5.85. The van der Waals surface area contributed by atoms with Crippen LogP contribution in [-0.4, -0.2) is 23.2 Å². The lowest BCUT2D eigenvalue weighted by molar-refractivity contribution is 0.283. The molecule has 0 fully saturated rings. The van der Waals surface area contributed by atoms with E-state index < -0.39 is 0 Å². The van der Waals surface area contributed by atoms with Crippen molar-refractivity contribution in [2.45, 2.75) is 38.5 Å². The second-order valence-electron chi connectivity index (χ2n) is 4.37. The van der Waals surface area contributed by atoms with Gasteiger partial charge in [0.2, 0.25) is 0 Å². The molecule has 0 radical (unpaired) electrons. The summed E-state index contributed by atoms with van der Waals surface area (Å²) in [6.07, 6.45) is 6.66. The normalized spacial score (nSPS) is 13.8. The molecule has 0 unspecified atom stereocenters. The minimum atomic E-state index is 0.303. The zero-order valence-corrected chi connectivity index (χ0v) is 9.71. The van der Waals surface area contributed by atoms with Crippen molar-refractivity contribution in [1.29, 1.82) is 0 Å². The van der Waals surface area contributed by atoms with Crippen LogP contribution >= 0.6 is 0 Å². The molecule has 1 aliphatic rings. The Morgan fingerprint density at radius 2 is 2.12 bits per heavy atom. The van der Waals surface area contributed by atoms with Gasteiger partial charge in [-0.2, -0.15) is 0 Å². The number of pyridine rings is 1. The van der Waals surface area contributed by atoms with Gasteiger partial charge in [0.05, 0.1) is 0 Å². The molecule has 2 rings (SSSR count). The Morgan fingerprint density at radius 1 is 1.19 bits per heavy atom. The smallest absolute Gasteiger partial charge is 0.126 e. The minimum Gasteiger partial charge on any atom is -0.396 e. The second-order valence-corrected chi connectivity index (χ2v) is 4.37. The van der Waals surface area contributed by atoms with Crippen LogP contribution in [0.1, 0.15) is 36.9 Å². The van der Waals surface area contributed by atoms with Crippen molar-refractivity contribution in [3.8, 4) is 0 Å². The predicted molar refractivity (Wildman–Crippen MR) is 65.7 cm³/mol. The van der Waals surface area contributed by atoms with Gasteiger partial charge in [0, 0.05) is 18.8 Å². The number of rotatable bonds is 6. The fourth-order valence-corrected chi connectivity index (χ4v) is 2.15. The van der Waals surface area contributed by atoms with Crippen molar-refractivity contribution >= 4 is 5.82 Å². The quantitative estimate of drug-likeness (QED) is 0.722. The van der Waals surface area contributed by atoms with Crippen LogP contribution in [0.25, 0.3) is 0 Å². The lowest BCUT2D eigenvalue weighted by Crippen LogP contribution is -2.04. The lowest BCUT2D eigenvalue weighted by Gasteiger charge is -2.07. The number of aryl methyl sites for hydroxylation is 2. The zero-order valence-electron chi connectivity index (χ0n) is 9.71. The Balaban J connectivity index is 1.77. The highest BCUT2D eigenvalue weighted by Gasteiger charge is 2.11. The first-order chi connectivity index (χ1) is 7.90. The maximum Gasteiger partial charge on any atom is 0.126 e. The minimum absolute atomic E-state index is 0.303. The van der Waals surface area contributed by atoms with Crippen LogP contribution in [0.4, 0.5) is 5.82 Å². The monoisotopic (exact) mass is 220 g/mol. The molecule has 1 aliphatic carbocycles. The van der Waals surface area contributed by atoms with Crippen molar-refractivity contribution in [3.63, 3.8) is 0 Å². The third kappa shape index (κ3) is 2.95. The molecular weight excluding hydrogens is 200 g/mol. The number of aromatic nitrogens is 1. The molecule has 0 amide bonds. The summed E-state index contributed by atoms with van der Waals surface area (Å²) in [7, 11) is 0. The van der Waals surface area contributed by atoms with Gasteiger partial charge >= 0.3 is 0 Å². The molecule has 1 aromatic heterocycles. The number of aliphatic hydroxyl groups is 1. The number of nitrogens with one attached hydrogen (secondary N) is 1. The molecule has 0 aliphatic heterocycles. The number of aliphatic hydroxyl groups excluding tert-OH is 1. The highest BCUT2D eigenvalue weighted by Crippen LogP contribution is 2.21. The molecule has 2 N–H and O–H groups in total. The Labute approximate surface area is 96.9 Å². The van der Waals surface area contributed by atoms with E-state index in [1.807, 2.05) is 0 Å². The SMILES string of the molecule is OCCCCCNc1ccc2c(n1)CCC2. The Bertz CT molecular complexity index is 339.